The summed E-state index contributed by atoms with van der Waals surface area (Å²) in [6.07, 6.45) is 7.72. The van der Waals surface area contributed by atoms with Crippen molar-refractivity contribution in [3.8, 4) is 11.5 Å². The third-order valence-electron chi connectivity index (χ3n) is 5.92. The zero-order valence-electron chi connectivity index (χ0n) is 18.8. The highest BCUT2D eigenvalue weighted by molar-refractivity contribution is 5.79. The summed E-state index contributed by atoms with van der Waals surface area (Å²) in [7, 11) is 5.21. The molecular formula is C23H38N4O3. The number of aliphatic imine (C=N–C) groups is 1. The predicted octanol–water partition coefficient (Wildman–Crippen LogP) is 2.79. The van der Waals surface area contributed by atoms with E-state index in [1.54, 1.807) is 14.2 Å². The van der Waals surface area contributed by atoms with Crippen molar-refractivity contribution in [3.63, 3.8) is 0 Å². The molecule has 7 nitrogen and oxygen atoms in total. The third-order valence-corrected chi connectivity index (χ3v) is 5.92. The lowest BCUT2D eigenvalue weighted by molar-refractivity contribution is 0.0574. The third kappa shape index (κ3) is 7.06. The first-order chi connectivity index (χ1) is 14.7. The maximum atomic E-state index is 5.93. The molecule has 7 heteroatoms. The molecule has 1 saturated carbocycles. The number of nitrogens with zero attached hydrogens (tertiary/aromatic N) is 2. The van der Waals surface area contributed by atoms with Gasteiger partial charge in [-0.25, -0.2) is 0 Å². The van der Waals surface area contributed by atoms with Crippen molar-refractivity contribution >= 4 is 5.96 Å². The molecule has 0 bridgehead atoms. The number of nitrogens with one attached hydrogen (secondary N) is 2. The van der Waals surface area contributed by atoms with Crippen LogP contribution in [0, 0.1) is 0 Å². The molecule has 2 fully saturated rings. The van der Waals surface area contributed by atoms with Gasteiger partial charge in [-0.05, 0) is 43.4 Å². The predicted molar refractivity (Wildman–Crippen MR) is 121 cm³/mol. The number of likely N-dealkylation sites (tertiary alicyclic amines) is 1. The van der Waals surface area contributed by atoms with Gasteiger partial charge in [0, 0.05) is 51.9 Å². The molecule has 1 saturated heterocycles. The van der Waals surface area contributed by atoms with Gasteiger partial charge in [0.05, 0.1) is 20.3 Å². The number of benzene rings is 1. The fraction of sp³-hybridized carbons (Fsp3) is 0.696. The molecular weight excluding hydrogens is 380 g/mol. The molecule has 0 amide bonds. The van der Waals surface area contributed by atoms with E-state index in [9.17, 15) is 0 Å². The average Bonchev–Trinajstić information content (AvgIpc) is 3.44. The lowest BCUT2D eigenvalue weighted by atomic mass is 10.2. The van der Waals surface area contributed by atoms with E-state index in [1.165, 1.54) is 31.2 Å². The smallest absolute Gasteiger partial charge is 0.191 e. The maximum absolute atomic E-state index is 5.93. The Labute approximate surface area is 181 Å². The van der Waals surface area contributed by atoms with Crippen molar-refractivity contribution in [1.29, 1.82) is 0 Å². The molecule has 1 aromatic carbocycles. The number of ether oxygens (including phenoxy) is 3. The van der Waals surface area contributed by atoms with Crippen molar-refractivity contribution in [2.24, 2.45) is 4.99 Å². The molecule has 0 aromatic heterocycles. The van der Waals surface area contributed by atoms with Crippen LogP contribution in [0.5, 0.6) is 11.5 Å². The van der Waals surface area contributed by atoms with Gasteiger partial charge in [-0.15, -0.1) is 0 Å². The van der Waals surface area contributed by atoms with E-state index in [-0.39, 0.29) is 0 Å². The summed E-state index contributed by atoms with van der Waals surface area (Å²) >= 11 is 0. The largest absolute Gasteiger partial charge is 0.497 e. The molecule has 168 valence electrons. The Morgan fingerprint density at radius 2 is 1.83 bits per heavy atom. The monoisotopic (exact) mass is 418 g/mol. The number of methoxy groups -OCH3 is 2. The van der Waals surface area contributed by atoms with Crippen LogP contribution in [-0.4, -0.2) is 70.5 Å². The van der Waals surface area contributed by atoms with Crippen molar-refractivity contribution in [2.45, 2.75) is 57.2 Å². The Morgan fingerprint density at radius 1 is 1.10 bits per heavy atom. The first kappa shape index (κ1) is 22.7. The summed E-state index contributed by atoms with van der Waals surface area (Å²) in [5, 5.41) is 6.99. The molecule has 1 aliphatic heterocycles. The normalized spacial score (nSPS) is 20.5. The van der Waals surface area contributed by atoms with E-state index in [0.717, 1.165) is 63.1 Å². The van der Waals surface area contributed by atoms with Crippen LogP contribution in [-0.2, 0) is 11.3 Å². The Morgan fingerprint density at radius 3 is 2.50 bits per heavy atom. The lowest BCUT2D eigenvalue weighted by Crippen LogP contribution is -2.45. The zero-order chi connectivity index (χ0) is 21.2. The average molecular weight is 419 g/mol. The summed E-state index contributed by atoms with van der Waals surface area (Å²) < 4.78 is 16.7. The number of hydrogen-bond donors (Lipinski definition) is 2. The second kappa shape index (κ2) is 12.0. The minimum absolute atomic E-state index is 0.401. The van der Waals surface area contributed by atoms with Gasteiger partial charge in [0.15, 0.2) is 5.96 Å². The van der Waals surface area contributed by atoms with E-state index < -0.39 is 0 Å². The maximum Gasteiger partial charge on any atom is 0.191 e. The number of guanidine groups is 1. The van der Waals surface area contributed by atoms with E-state index in [4.69, 9.17) is 14.2 Å². The topological polar surface area (TPSA) is 67.4 Å². The summed E-state index contributed by atoms with van der Waals surface area (Å²) in [5.41, 5.74) is 1.21. The van der Waals surface area contributed by atoms with Crippen LogP contribution >= 0.6 is 0 Å². The van der Waals surface area contributed by atoms with Crippen LogP contribution in [0.2, 0.25) is 0 Å². The molecule has 1 aliphatic carbocycles. The molecule has 1 aromatic rings. The van der Waals surface area contributed by atoms with Crippen LogP contribution < -0.4 is 20.1 Å². The Bertz CT molecular complexity index is 654. The minimum Gasteiger partial charge on any atom is -0.497 e. The van der Waals surface area contributed by atoms with E-state index in [1.807, 2.05) is 13.1 Å². The van der Waals surface area contributed by atoms with Gasteiger partial charge >= 0.3 is 0 Å². The van der Waals surface area contributed by atoms with Gasteiger partial charge in [-0.3, -0.25) is 9.89 Å². The highest BCUT2D eigenvalue weighted by Gasteiger charge is 2.23. The van der Waals surface area contributed by atoms with Gasteiger partial charge in [-0.1, -0.05) is 12.8 Å². The first-order valence-corrected chi connectivity index (χ1v) is 11.2. The fourth-order valence-corrected chi connectivity index (χ4v) is 4.28. The summed E-state index contributed by atoms with van der Waals surface area (Å²) in [4.78, 5) is 6.84. The highest BCUT2D eigenvalue weighted by atomic mass is 16.5. The summed E-state index contributed by atoms with van der Waals surface area (Å²) in [5.74, 6) is 2.55. The van der Waals surface area contributed by atoms with Gasteiger partial charge < -0.3 is 24.8 Å². The van der Waals surface area contributed by atoms with Gasteiger partial charge in [0.1, 0.15) is 11.5 Å². The zero-order valence-corrected chi connectivity index (χ0v) is 18.8. The number of hydrogen-bond acceptors (Lipinski definition) is 5. The van der Waals surface area contributed by atoms with Gasteiger partial charge in [0.2, 0.25) is 0 Å². The van der Waals surface area contributed by atoms with Crippen LogP contribution in [0.15, 0.2) is 23.2 Å². The highest BCUT2D eigenvalue weighted by Crippen LogP contribution is 2.24. The van der Waals surface area contributed by atoms with Crippen molar-refractivity contribution in [2.75, 3.05) is 47.5 Å². The second-order valence-electron chi connectivity index (χ2n) is 8.22. The molecule has 2 aliphatic rings. The minimum atomic E-state index is 0.401. The SMILES string of the molecule is CN=C(NCCCOC1CCCC1)NC1CCN(Cc2cc(OC)cc(OC)c2)C1. The van der Waals surface area contributed by atoms with Crippen molar-refractivity contribution < 1.29 is 14.2 Å². The first-order valence-electron chi connectivity index (χ1n) is 11.2. The van der Waals surface area contributed by atoms with E-state index >= 15 is 0 Å². The van der Waals surface area contributed by atoms with Crippen molar-refractivity contribution in [1.82, 2.24) is 15.5 Å². The molecule has 2 N–H and O–H groups in total. The molecule has 30 heavy (non-hydrogen) atoms. The Kier molecular flexibility index (Phi) is 9.08. The van der Waals surface area contributed by atoms with E-state index in [0.29, 0.717) is 12.1 Å². The lowest BCUT2D eigenvalue weighted by Gasteiger charge is -2.19. The van der Waals surface area contributed by atoms with Crippen LogP contribution in [0.3, 0.4) is 0 Å². The van der Waals surface area contributed by atoms with Gasteiger partial charge in [-0.2, -0.15) is 0 Å². The van der Waals surface area contributed by atoms with Crippen LogP contribution in [0.25, 0.3) is 0 Å². The Balaban J connectivity index is 1.37. The molecule has 1 atom stereocenters. The van der Waals surface area contributed by atoms with Crippen LogP contribution in [0.4, 0.5) is 0 Å². The standard InChI is InChI=1S/C23H38N4O3/c1-24-23(25-10-6-12-30-20-7-4-5-8-20)26-19-9-11-27(17-19)16-18-13-21(28-2)15-22(14-18)29-3/h13-15,19-20H,4-12,16-17H2,1-3H3,(H2,24,25,26). The van der Waals surface area contributed by atoms with E-state index in [2.05, 4.69) is 32.7 Å². The summed E-state index contributed by atoms with van der Waals surface area (Å²) in [6.45, 7) is 4.65. The molecule has 1 unspecified atom stereocenters. The van der Waals surface area contributed by atoms with Crippen LogP contribution in [0.1, 0.15) is 44.1 Å². The molecule has 0 radical (unpaired) electrons. The second-order valence-corrected chi connectivity index (χ2v) is 8.22. The van der Waals surface area contributed by atoms with Gasteiger partial charge in [0.25, 0.3) is 0 Å². The molecule has 0 spiro atoms. The molecule has 3 rings (SSSR count). The number of rotatable bonds is 10. The fourth-order valence-electron chi connectivity index (χ4n) is 4.28. The summed E-state index contributed by atoms with van der Waals surface area (Å²) in [6, 6.07) is 6.47. The molecule has 1 heterocycles. The van der Waals surface area contributed by atoms with Crippen molar-refractivity contribution in [3.05, 3.63) is 23.8 Å². The quantitative estimate of drug-likeness (QED) is 0.346. The Hall–Kier alpha value is -1.99.